The molecule has 170 valence electrons. The van der Waals surface area contributed by atoms with Crippen LogP contribution in [-0.4, -0.2) is 135 Å². The topological polar surface area (TPSA) is 193 Å². The minimum Gasteiger partial charge on any atom is -0.480 e. The summed E-state index contributed by atoms with van der Waals surface area (Å²) in [6.45, 7) is -2.25. The monoisotopic (exact) mass is 443 g/mol. The van der Waals surface area contributed by atoms with Crippen LogP contribution in [0, 0.1) is 0 Å². The van der Waals surface area contributed by atoms with Crippen molar-refractivity contribution in [2.75, 3.05) is 65.9 Å². The Balaban J connectivity index is -0.000000623. The lowest BCUT2D eigenvalue weighted by molar-refractivity contribution is -0.145. The fraction of sp³-hybridized carbons (Fsp3) is 0.667. The molecule has 13 nitrogen and oxygen atoms in total. The van der Waals surface area contributed by atoms with Gasteiger partial charge in [-0.1, -0.05) is 0 Å². The van der Waals surface area contributed by atoms with E-state index >= 15 is 0 Å². The maximum absolute atomic E-state index is 10.6. The van der Waals surface area contributed by atoms with Gasteiger partial charge < -0.3 is 25.3 Å². The van der Waals surface area contributed by atoms with Gasteiger partial charge in [0, 0.05) is 50.5 Å². The summed E-state index contributed by atoms with van der Waals surface area (Å²) in [6, 6.07) is 0. The van der Waals surface area contributed by atoms with Gasteiger partial charge in [-0.05, 0) is 0 Å². The van der Waals surface area contributed by atoms with Crippen molar-refractivity contribution in [2.45, 2.75) is 0 Å². The van der Waals surface area contributed by atoms with Crippen LogP contribution in [0.5, 0.6) is 0 Å². The second kappa shape index (κ2) is 18.8. The molecular formula is C15H29N3O10S. The summed E-state index contributed by atoms with van der Waals surface area (Å²) in [5, 5.41) is 34.5. The third kappa shape index (κ3) is 33.4. The van der Waals surface area contributed by atoms with Crippen LogP contribution in [0.3, 0.4) is 0 Å². The summed E-state index contributed by atoms with van der Waals surface area (Å²) >= 11 is 0. The lowest BCUT2D eigenvalue weighted by atomic mass is 10.4. The Morgan fingerprint density at radius 3 is 1.00 bits per heavy atom. The Bertz CT molecular complexity index is 484. The van der Waals surface area contributed by atoms with Crippen molar-refractivity contribution in [1.82, 2.24) is 14.7 Å². The first-order valence-electron chi connectivity index (χ1n) is 7.89. The second-order valence-electron chi connectivity index (χ2n) is 5.81. The van der Waals surface area contributed by atoms with Crippen LogP contribution >= 0.6 is 0 Å². The molecule has 0 heterocycles. The summed E-state index contributed by atoms with van der Waals surface area (Å²) in [5.74, 6) is -4.91. The van der Waals surface area contributed by atoms with E-state index < -0.39 is 60.9 Å². The zero-order valence-electron chi connectivity index (χ0n) is 16.8. The number of carbonyl (C=O) groups excluding carboxylic acids is 1. The van der Waals surface area contributed by atoms with Crippen LogP contribution < -0.4 is 0 Å². The van der Waals surface area contributed by atoms with Gasteiger partial charge in [-0.3, -0.25) is 38.0 Å². The van der Waals surface area contributed by atoms with Gasteiger partial charge in [0.05, 0.1) is 26.2 Å². The quantitative estimate of drug-likeness (QED) is 0.235. The smallest absolute Gasteiger partial charge is 0.317 e. The normalized spacial score (nSPS) is 9.76. The number of carboxylic acids is 4. The minimum absolute atomic E-state index is 0.0703. The molecule has 29 heavy (non-hydrogen) atoms. The van der Waals surface area contributed by atoms with Crippen molar-refractivity contribution in [3.63, 3.8) is 0 Å². The summed E-state index contributed by atoms with van der Waals surface area (Å²) in [4.78, 5) is 55.2. The molecule has 4 N–H and O–H groups in total. The zero-order valence-corrected chi connectivity index (χ0v) is 17.6. The van der Waals surface area contributed by atoms with Gasteiger partial charge in [0.2, 0.25) is 6.41 Å². The first-order chi connectivity index (χ1) is 13.2. The lowest BCUT2D eigenvalue weighted by Crippen LogP contribution is -2.43. The number of nitrogens with zero attached hydrogens (tertiary/aromatic N) is 3. The minimum atomic E-state index is -1.23. The molecule has 0 bridgehead atoms. The number of carboxylic acid groups (broad SMARTS) is 4. The van der Waals surface area contributed by atoms with Gasteiger partial charge >= 0.3 is 23.9 Å². The summed E-state index contributed by atoms with van der Waals surface area (Å²) in [7, 11) is 2.76. The van der Waals surface area contributed by atoms with Crippen molar-refractivity contribution < 1.29 is 48.6 Å². The zero-order chi connectivity index (χ0) is 23.6. The lowest BCUT2D eigenvalue weighted by Gasteiger charge is -2.23. The largest absolute Gasteiger partial charge is 0.480 e. The van der Waals surface area contributed by atoms with Crippen LogP contribution in [0.4, 0.5) is 0 Å². The summed E-state index contributed by atoms with van der Waals surface area (Å²) in [6.07, 6.45) is 4.03. The van der Waals surface area contributed by atoms with Crippen LogP contribution in [-0.2, 0) is 34.8 Å². The highest BCUT2D eigenvalue weighted by molar-refractivity contribution is 7.83. The number of carbonyl (C=O) groups is 5. The predicted molar refractivity (Wildman–Crippen MR) is 103 cm³/mol. The fourth-order valence-corrected chi connectivity index (χ4v) is 1.48. The van der Waals surface area contributed by atoms with E-state index in [9.17, 15) is 28.2 Å². The first kappa shape index (κ1) is 31.1. The molecule has 0 fully saturated rings. The Morgan fingerprint density at radius 2 is 0.897 bits per heavy atom. The Kier molecular flexibility index (Phi) is 20.1. The van der Waals surface area contributed by atoms with Crippen LogP contribution in [0.2, 0.25) is 0 Å². The Morgan fingerprint density at radius 1 is 0.724 bits per heavy atom. The number of amides is 1. The molecule has 0 atom stereocenters. The van der Waals surface area contributed by atoms with Gasteiger partial charge in [-0.2, -0.15) is 0 Å². The number of hydrogen-bond acceptors (Lipinski definition) is 8. The fourth-order valence-electron chi connectivity index (χ4n) is 1.48. The molecule has 0 unspecified atom stereocenters. The van der Waals surface area contributed by atoms with Crippen molar-refractivity contribution >= 4 is 41.1 Å². The van der Waals surface area contributed by atoms with Crippen molar-refractivity contribution in [3.8, 4) is 0 Å². The van der Waals surface area contributed by atoms with Gasteiger partial charge in [0.15, 0.2) is 0 Å². The number of aliphatic carboxylic acids is 4. The van der Waals surface area contributed by atoms with Gasteiger partial charge in [0.25, 0.3) is 0 Å². The molecule has 0 saturated carbocycles. The van der Waals surface area contributed by atoms with Crippen LogP contribution in [0.1, 0.15) is 0 Å². The molecule has 0 aromatic carbocycles. The van der Waals surface area contributed by atoms with Crippen molar-refractivity contribution in [1.29, 1.82) is 0 Å². The molecule has 0 aliphatic heterocycles. The summed E-state index contributed by atoms with van der Waals surface area (Å²) in [5.41, 5.74) is 0. The van der Waals surface area contributed by atoms with Gasteiger partial charge in [0.1, 0.15) is 0 Å². The van der Waals surface area contributed by atoms with E-state index in [1.165, 1.54) is 4.90 Å². The first-order valence-corrected chi connectivity index (χ1v) is 9.86. The maximum Gasteiger partial charge on any atom is 0.317 e. The third-order valence-corrected chi connectivity index (χ3v) is 2.38. The van der Waals surface area contributed by atoms with E-state index in [0.29, 0.717) is 0 Å². The molecule has 0 aliphatic rings. The van der Waals surface area contributed by atoms with E-state index in [4.69, 9.17) is 20.4 Å². The van der Waals surface area contributed by atoms with E-state index in [1.807, 2.05) is 0 Å². The molecule has 14 heteroatoms. The third-order valence-electron chi connectivity index (χ3n) is 2.38. The van der Waals surface area contributed by atoms with E-state index in [0.717, 1.165) is 16.2 Å². The van der Waals surface area contributed by atoms with Gasteiger partial charge in [-0.15, -0.1) is 0 Å². The molecule has 0 rings (SSSR count). The highest BCUT2D eigenvalue weighted by atomic mass is 32.2. The SMILES string of the molecule is CN(C)C=O.CS(C)=O.O=C(O)CN(CCN(CC(=O)O)CC(=O)O)CC(=O)O. The predicted octanol–water partition coefficient (Wildman–Crippen LogP) is -2.37. The molecule has 1 amide bonds. The van der Waals surface area contributed by atoms with Crippen LogP contribution in [0.25, 0.3) is 0 Å². The molecular weight excluding hydrogens is 414 g/mol. The van der Waals surface area contributed by atoms with Gasteiger partial charge in [-0.25, -0.2) is 0 Å². The molecule has 0 aromatic heterocycles. The average molecular weight is 443 g/mol. The molecule has 0 radical (unpaired) electrons. The highest BCUT2D eigenvalue weighted by Crippen LogP contribution is 1.94. The van der Waals surface area contributed by atoms with Crippen molar-refractivity contribution in [3.05, 3.63) is 0 Å². The van der Waals surface area contributed by atoms with E-state index in [2.05, 4.69) is 0 Å². The molecule has 0 spiro atoms. The number of rotatable bonds is 12. The standard InChI is InChI=1S/C10H16N2O8.C3H7NO.C2H6OS/c13-7(14)3-11(4-8(15)16)1-2-12(5-9(17)18)6-10(19)20;1-4(2)3-5;1-4(2)3/h1-6H2,(H,13,14)(H,15,16)(H,17,18)(H,19,20);3H,1-2H3;1-2H3. The van der Waals surface area contributed by atoms with Crippen molar-refractivity contribution in [2.24, 2.45) is 0 Å². The van der Waals surface area contributed by atoms with E-state index in [1.54, 1.807) is 26.6 Å². The summed E-state index contributed by atoms with van der Waals surface area (Å²) < 4.78 is 9.56. The maximum atomic E-state index is 10.6. The molecule has 0 aromatic rings. The molecule has 0 aliphatic carbocycles. The van der Waals surface area contributed by atoms with Crippen LogP contribution in [0.15, 0.2) is 0 Å². The number of hydrogen-bond donors (Lipinski definition) is 4. The average Bonchev–Trinajstić information content (AvgIpc) is 2.50. The van der Waals surface area contributed by atoms with E-state index in [-0.39, 0.29) is 13.1 Å². The highest BCUT2D eigenvalue weighted by Gasteiger charge is 2.17. The molecule has 0 saturated heterocycles. The second-order valence-corrected chi connectivity index (χ2v) is 7.29. The Labute approximate surface area is 170 Å². The Hall–Kier alpha value is -2.58.